The van der Waals surface area contributed by atoms with Crippen LogP contribution in [0, 0.1) is 17.6 Å². The summed E-state index contributed by atoms with van der Waals surface area (Å²) in [4.78, 5) is 4.94. The number of hydrogen-bond donors (Lipinski definition) is 0. The van der Waals surface area contributed by atoms with Gasteiger partial charge in [-0.05, 0) is 55.0 Å². The average molecular weight is 384 g/mol. The number of benzene rings is 2. The highest BCUT2D eigenvalue weighted by Gasteiger charge is 2.19. The molecule has 3 aromatic rings. The second kappa shape index (κ2) is 7.62. The molecular formula is C20H21FN4OS. The number of anilines is 1. The SMILES string of the molecule is Cc1ccccc1-c1nn(CN2CCN(c3ccc(F)cc3)CC2)c(=S)o1. The van der Waals surface area contributed by atoms with Crippen molar-refractivity contribution in [2.24, 2.45) is 0 Å². The molecule has 2 aromatic carbocycles. The highest BCUT2D eigenvalue weighted by Crippen LogP contribution is 2.22. The Morgan fingerprint density at radius 1 is 1.04 bits per heavy atom. The monoisotopic (exact) mass is 384 g/mol. The summed E-state index contributed by atoms with van der Waals surface area (Å²) in [6.45, 7) is 6.15. The molecular weight excluding hydrogens is 363 g/mol. The maximum absolute atomic E-state index is 13.1. The highest BCUT2D eigenvalue weighted by atomic mass is 32.1. The van der Waals surface area contributed by atoms with E-state index in [-0.39, 0.29) is 5.82 Å². The minimum absolute atomic E-state index is 0.206. The van der Waals surface area contributed by atoms with E-state index in [9.17, 15) is 4.39 Å². The maximum Gasteiger partial charge on any atom is 0.288 e. The fourth-order valence-electron chi connectivity index (χ4n) is 3.31. The molecule has 0 spiro atoms. The van der Waals surface area contributed by atoms with Crippen molar-refractivity contribution in [3.8, 4) is 11.5 Å². The zero-order chi connectivity index (χ0) is 18.8. The Hall–Kier alpha value is -2.51. The molecule has 0 unspecified atom stereocenters. The Labute approximate surface area is 162 Å². The Morgan fingerprint density at radius 3 is 2.44 bits per heavy atom. The predicted octanol–water partition coefficient (Wildman–Crippen LogP) is 4.10. The summed E-state index contributed by atoms with van der Waals surface area (Å²) in [5, 5.41) is 4.57. The van der Waals surface area contributed by atoms with Gasteiger partial charge in [0.2, 0.25) is 5.89 Å². The molecule has 0 N–H and O–H groups in total. The first-order valence-corrected chi connectivity index (χ1v) is 9.38. The summed E-state index contributed by atoms with van der Waals surface area (Å²) in [5.74, 6) is 0.352. The molecule has 27 heavy (non-hydrogen) atoms. The summed E-state index contributed by atoms with van der Waals surface area (Å²) in [7, 11) is 0. The van der Waals surface area contributed by atoms with Crippen LogP contribution >= 0.6 is 12.2 Å². The molecule has 7 heteroatoms. The molecule has 1 aliphatic rings. The maximum atomic E-state index is 13.1. The van der Waals surface area contributed by atoms with E-state index in [1.807, 2.05) is 43.3 Å². The first kappa shape index (κ1) is 17.9. The van der Waals surface area contributed by atoms with Gasteiger partial charge >= 0.3 is 0 Å². The lowest BCUT2D eigenvalue weighted by Crippen LogP contribution is -2.46. The lowest BCUT2D eigenvalue weighted by Gasteiger charge is -2.35. The lowest BCUT2D eigenvalue weighted by molar-refractivity contribution is 0.192. The van der Waals surface area contributed by atoms with E-state index in [0.29, 0.717) is 17.4 Å². The average Bonchev–Trinajstić information content (AvgIpc) is 3.04. The van der Waals surface area contributed by atoms with Gasteiger partial charge in [-0.25, -0.2) is 9.07 Å². The Balaban J connectivity index is 1.42. The molecule has 0 atom stereocenters. The van der Waals surface area contributed by atoms with Crippen molar-refractivity contribution >= 4 is 17.9 Å². The van der Waals surface area contributed by atoms with Crippen LogP contribution < -0.4 is 4.90 Å². The molecule has 0 bridgehead atoms. The smallest absolute Gasteiger partial charge is 0.288 e. The number of aromatic nitrogens is 2. The molecule has 1 fully saturated rings. The number of piperazine rings is 1. The van der Waals surface area contributed by atoms with Crippen LogP contribution in [0.2, 0.25) is 0 Å². The van der Waals surface area contributed by atoms with E-state index in [2.05, 4.69) is 14.9 Å². The lowest BCUT2D eigenvalue weighted by atomic mass is 10.1. The third-order valence-corrected chi connectivity index (χ3v) is 5.17. The quantitative estimate of drug-likeness (QED) is 0.633. The minimum Gasteiger partial charge on any atom is -0.409 e. The van der Waals surface area contributed by atoms with Gasteiger partial charge in [0.25, 0.3) is 4.84 Å². The normalized spacial score (nSPS) is 15.3. The van der Waals surface area contributed by atoms with E-state index >= 15 is 0 Å². The Kier molecular flexibility index (Phi) is 5.05. The number of nitrogens with zero attached hydrogens (tertiary/aromatic N) is 4. The third kappa shape index (κ3) is 3.94. The standard InChI is InChI=1S/C20H21FN4OS/c1-15-4-2-3-5-18(15)19-22-25(20(27)26-19)14-23-10-12-24(13-11-23)17-8-6-16(21)7-9-17/h2-9H,10-14H2,1H3. The van der Waals surface area contributed by atoms with Crippen molar-refractivity contribution in [3.05, 3.63) is 64.7 Å². The topological polar surface area (TPSA) is 37.4 Å². The van der Waals surface area contributed by atoms with Gasteiger partial charge in [0, 0.05) is 37.4 Å². The van der Waals surface area contributed by atoms with Gasteiger partial charge in [-0.1, -0.05) is 18.2 Å². The Morgan fingerprint density at radius 2 is 1.74 bits per heavy atom. The van der Waals surface area contributed by atoms with Crippen molar-refractivity contribution in [2.45, 2.75) is 13.6 Å². The van der Waals surface area contributed by atoms with Crippen LogP contribution in [0.25, 0.3) is 11.5 Å². The van der Waals surface area contributed by atoms with Gasteiger partial charge in [0.1, 0.15) is 5.82 Å². The number of halogens is 1. The summed E-state index contributed by atoms with van der Waals surface area (Å²) >= 11 is 5.36. The molecule has 140 valence electrons. The molecule has 0 radical (unpaired) electrons. The fraction of sp³-hybridized carbons (Fsp3) is 0.300. The molecule has 1 saturated heterocycles. The number of hydrogen-bond acceptors (Lipinski definition) is 5. The van der Waals surface area contributed by atoms with Gasteiger partial charge < -0.3 is 9.32 Å². The van der Waals surface area contributed by atoms with Gasteiger partial charge in [-0.3, -0.25) is 4.90 Å². The van der Waals surface area contributed by atoms with Crippen LogP contribution in [-0.4, -0.2) is 40.9 Å². The molecule has 4 rings (SSSR count). The van der Waals surface area contributed by atoms with Crippen LogP contribution in [-0.2, 0) is 6.67 Å². The number of rotatable bonds is 4. The summed E-state index contributed by atoms with van der Waals surface area (Å²) in [5.41, 5.74) is 3.12. The Bertz CT molecular complexity index is 974. The van der Waals surface area contributed by atoms with Gasteiger partial charge in [-0.15, -0.1) is 5.10 Å². The second-order valence-electron chi connectivity index (χ2n) is 6.71. The van der Waals surface area contributed by atoms with Crippen molar-refractivity contribution in [1.29, 1.82) is 0 Å². The van der Waals surface area contributed by atoms with Crippen LogP contribution in [0.5, 0.6) is 0 Å². The van der Waals surface area contributed by atoms with Crippen molar-refractivity contribution in [1.82, 2.24) is 14.7 Å². The van der Waals surface area contributed by atoms with Crippen molar-refractivity contribution in [3.63, 3.8) is 0 Å². The van der Waals surface area contributed by atoms with Crippen LogP contribution in [0.1, 0.15) is 5.56 Å². The molecule has 1 aromatic heterocycles. The van der Waals surface area contributed by atoms with E-state index in [4.69, 9.17) is 16.6 Å². The predicted molar refractivity (Wildman–Crippen MR) is 106 cm³/mol. The highest BCUT2D eigenvalue weighted by molar-refractivity contribution is 7.71. The molecule has 1 aliphatic heterocycles. The fourth-order valence-corrected chi connectivity index (χ4v) is 3.48. The molecule has 2 heterocycles. The summed E-state index contributed by atoms with van der Waals surface area (Å²) in [6, 6.07) is 14.6. The minimum atomic E-state index is -0.206. The van der Waals surface area contributed by atoms with E-state index in [1.54, 1.807) is 4.68 Å². The zero-order valence-electron chi connectivity index (χ0n) is 15.1. The molecule has 0 aliphatic carbocycles. The summed E-state index contributed by atoms with van der Waals surface area (Å²) in [6.07, 6.45) is 0. The molecule has 5 nitrogen and oxygen atoms in total. The second-order valence-corrected chi connectivity index (χ2v) is 7.06. The van der Waals surface area contributed by atoms with Crippen molar-refractivity contribution in [2.75, 3.05) is 31.1 Å². The first-order valence-electron chi connectivity index (χ1n) is 8.97. The van der Waals surface area contributed by atoms with Crippen LogP contribution in [0.3, 0.4) is 0 Å². The van der Waals surface area contributed by atoms with E-state index in [0.717, 1.165) is 43.0 Å². The van der Waals surface area contributed by atoms with Crippen LogP contribution in [0.15, 0.2) is 52.9 Å². The van der Waals surface area contributed by atoms with E-state index in [1.165, 1.54) is 12.1 Å². The first-order chi connectivity index (χ1) is 13.1. The van der Waals surface area contributed by atoms with Gasteiger partial charge in [0.15, 0.2) is 0 Å². The largest absolute Gasteiger partial charge is 0.409 e. The third-order valence-electron chi connectivity index (χ3n) is 4.88. The van der Waals surface area contributed by atoms with E-state index < -0.39 is 0 Å². The van der Waals surface area contributed by atoms with Gasteiger partial charge in [0.05, 0.1) is 6.67 Å². The van der Waals surface area contributed by atoms with Gasteiger partial charge in [-0.2, -0.15) is 0 Å². The molecule has 0 amide bonds. The summed E-state index contributed by atoms with van der Waals surface area (Å²) < 4.78 is 20.5. The van der Waals surface area contributed by atoms with Crippen molar-refractivity contribution < 1.29 is 8.81 Å². The zero-order valence-corrected chi connectivity index (χ0v) is 16.0. The number of aryl methyl sites for hydroxylation is 1. The van der Waals surface area contributed by atoms with Crippen LogP contribution in [0.4, 0.5) is 10.1 Å². The molecule has 0 saturated carbocycles.